The van der Waals surface area contributed by atoms with Crippen molar-refractivity contribution in [1.29, 1.82) is 0 Å². The zero-order valence-corrected chi connectivity index (χ0v) is 33.5. The predicted molar refractivity (Wildman–Crippen MR) is 208 cm³/mol. The van der Waals surface area contributed by atoms with Gasteiger partial charge in [-0.25, -0.2) is 8.42 Å². The monoisotopic (exact) mass is 781 g/mol. The Morgan fingerprint density at radius 2 is 1.54 bits per heavy atom. The first-order valence-corrected chi connectivity index (χ1v) is 20.5. The van der Waals surface area contributed by atoms with E-state index in [2.05, 4.69) is 72.3 Å². The van der Waals surface area contributed by atoms with Crippen LogP contribution < -0.4 is 37.8 Å². The van der Waals surface area contributed by atoms with Crippen LogP contribution in [0.3, 0.4) is 0 Å². The molecule has 3 fully saturated rings. The van der Waals surface area contributed by atoms with Gasteiger partial charge in [0.1, 0.15) is 6.54 Å². The van der Waals surface area contributed by atoms with Crippen molar-refractivity contribution in [2.24, 2.45) is 5.92 Å². The van der Waals surface area contributed by atoms with E-state index in [0.29, 0.717) is 10.0 Å². The molecule has 0 radical (unpaired) electrons. The van der Waals surface area contributed by atoms with E-state index in [1.54, 1.807) is 0 Å². The van der Waals surface area contributed by atoms with Gasteiger partial charge in [-0.3, -0.25) is 5.32 Å². The molecule has 4 aliphatic rings. The second kappa shape index (κ2) is 16.4. The zero-order chi connectivity index (χ0) is 34.6. The number of hydrogen-bond acceptors (Lipinski definition) is 5. The predicted octanol–water partition coefficient (Wildman–Crippen LogP) is 5.28. The van der Waals surface area contributed by atoms with Crippen molar-refractivity contribution in [2.45, 2.75) is 94.7 Å². The van der Waals surface area contributed by atoms with Gasteiger partial charge in [0, 0.05) is 42.3 Å². The summed E-state index contributed by atoms with van der Waals surface area (Å²) in [5.41, 5.74) is 5.60. The van der Waals surface area contributed by atoms with E-state index in [9.17, 15) is 8.42 Å². The minimum absolute atomic E-state index is 0. The summed E-state index contributed by atoms with van der Waals surface area (Å²) in [4.78, 5) is 2.47. The molecule has 3 saturated heterocycles. The number of hydrogen-bond donors (Lipinski definition) is 3. The molecule has 4 aliphatic heterocycles. The van der Waals surface area contributed by atoms with Crippen molar-refractivity contribution in [3.8, 4) is 0 Å². The van der Waals surface area contributed by atoms with Gasteiger partial charge in [0.25, 0.3) is 0 Å². The molecule has 1 unspecified atom stereocenters. The molecule has 0 saturated carbocycles. The van der Waals surface area contributed by atoms with Gasteiger partial charge in [-0.1, -0.05) is 63.8 Å². The maximum absolute atomic E-state index is 14.1. The molecule has 3 aromatic rings. The van der Waals surface area contributed by atoms with E-state index in [4.69, 9.17) is 12.2 Å². The number of halogens is 1. The summed E-state index contributed by atoms with van der Waals surface area (Å²) in [7, 11) is 0.472. The second-order valence-corrected chi connectivity index (χ2v) is 17.6. The van der Waals surface area contributed by atoms with Crippen LogP contribution in [-0.2, 0) is 16.4 Å². The molecule has 7 nitrogen and oxygen atoms in total. The number of nitrogens with one attached hydrogen (secondary N) is 3. The Kier molecular flexibility index (Phi) is 12.7. The van der Waals surface area contributed by atoms with E-state index in [1.807, 2.05) is 43.3 Å². The van der Waals surface area contributed by atoms with E-state index in [1.165, 1.54) is 48.9 Å². The molecule has 0 aliphatic carbocycles. The van der Waals surface area contributed by atoms with Crippen LogP contribution in [0.2, 0.25) is 0 Å². The summed E-state index contributed by atoms with van der Waals surface area (Å²) in [6.45, 7) is 9.38. The van der Waals surface area contributed by atoms with Gasteiger partial charge in [-0.15, -0.1) is 0 Å². The maximum Gasteiger partial charge on any atom is 0.180 e. The standard InChI is InChI=1S/C40H55N5O2S2.BrH/c1-5-7-21-40(22-8-6-2)29-49(46,47)37-17-16-35(44(3)4)27-36(37)38(43-40)32-12-14-33(15-13-32)41-39(48)42-34-11-9-10-31(26-34)28-45-23-18-30(19-24-45)20-25-45;/h9-17,26-27,30,38,43H,5-8,18-25,28-29H2,1-4H3,(H-,41,42,48);1H. The Morgan fingerprint density at radius 1 is 0.900 bits per heavy atom. The van der Waals surface area contributed by atoms with Crippen molar-refractivity contribution in [2.75, 3.05) is 55.0 Å². The topological polar surface area (TPSA) is 73.5 Å². The number of unbranched alkanes of at least 4 members (excludes halogenated alkanes) is 2. The number of nitrogens with zero attached hydrogens (tertiary/aromatic N) is 2. The highest BCUT2D eigenvalue weighted by Crippen LogP contribution is 2.41. The molecule has 1 atom stereocenters. The van der Waals surface area contributed by atoms with Gasteiger partial charge in [0.2, 0.25) is 0 Å². The third kappa shape index (κ3) is 8.92. The highest BCUT2D eigenvalue weighted by atomic mass is 79.9. The SMILES string of the molecule is CCCCC1(CCCC)CS(=O)(=O)c2ccc(N(C)C)cc2C(c2ccc(NC(=S)Nc3cccc(C[N+]45CCC(CC4)CC5)c3)cc2)N1.[Br-]. The van der Waals surface area contributed by atoms with Gasteiger partial charge < -0.3 is 37.0 Å². The summed E-state index contributed by atoms with van der Waals surface area (Å²) in [5.74, 6) is 1.08. The Labute approximate surface area is 316 Å². The second-order valence-electron chi connectivity index (χ2n) is 15.2. The van der Waals surface area contributed by atoms with Crippen molar-refractivity contribution < 1.29 is 29.9 Å². The van der Waals surface area contributed by atoms with Crippen molar-refractivity contribution in [3.63, 3.8) is 0 Å². The summed E-state index contributed by atoms with van der Waals surface area (Å²) >= 11 is 5.77. The van der Waals surface area contributed by atoms with Crippen LogP contribution in [0.4, 0.5) is 17.1 Å². The van der Waals surface area contributed by atoms with Crippen molar-refractivity contribution >= 4 is 44.2 Å². The Bertz CT molecular complexity index is 1700. The lowest BCUT2D eigenvalue weighted by atomic mass is 9.85. The fourth-order valence-corrected chi connectivity index (χ4v) is 10.8. The maximum atomic E-state index is 14.1. The summed E-state index contributed by atoms with van der Waals surface area (Å²) in [6, 6.07) is 22.5. The number of sulfone groups is 1. The lowest BCUT2D eigenvalue weighted by Crippen LogP contribution is -3.00. The van der Waals surface area contributed by atoms with E-state index < -0.39 is 15.4 Å². The van der Waals surface area contributed by atoms with Crippen LogP contribution in [-0.4, -0.2) is 63.0 Å². The number of anilines is 3. The number of fused-ring (bicyclic) bond motifs is 4. The summed E-state index contributed by atoms with van der Waals surface area (Å²) in [6.07, 6.45) is 9.80. The molecule has 10 heteroatoms. The molecule has 3 aromatic carbocycles. The highest BCUT2D eigenvalue weighted by Gasteiger charge is 2.43. The van der Waals surface area contributed by atoms with Gasteiger partial charge in [0.15, 0.2) is 14.9 Å². The molecule has 50 heavy (non-hydrogen) atoms. The first kappa shape index (κ1) is 38.7. The molecule has 272 valence electrons. The summed E-state index contributed by atoms with van der Waals surface area (Å²) < 4.78 is 29.4. The lowest BCUT2D eigenvalue weighted by molar-refractivity contribution is -0.955. The van der Waals surface area contributed by atoms with E-state index in [0.717, 1.165) is 79.2 Å². The highest BCUT2D eigenvalue weighted by molar-refractivity contribution is 7.91. The number of rotatable bonds is 12. The van der Waals surface area contributed by atoms with Crippen LogP contribution in [0, 0.1) is 5.92 Å². The zero-order valence-electron chi connectivity index (χ0n) is 30.3. The largest absolute Gasteiger partial charge is 1.00 e. The van der Waals surface area contributed by atoms with E-state index >= 15 is 0 Å². The fourth-order valence-electron chi connectivity index (χ4n) is 8.46. The number of benzene rings is 3. The number of thiocarbonyl (C=S) groups is 1. The van der Waals surface area contributed by atoms with Gasteiger partial charge in [0.05, 0.1) is 36.3 Å². The molecule has 3 N–H and O–H groups in total. The smallest absolute Gasteiger partial charge is 0.180 e. The third-order valence-corrected chi connectivity index (χ3v) is 13.5. The van der Waals surface area contributed by atoms with Gasteiger partial charge >= 0.3 is 0 Å². The minimum atomic E-state index is -3.52. The average molecular weight is 783 g/mol. The average Bonchev–Trinajstić information content (AvgIpc) is 3.19. The molecule has 7 rings (SSSR count). The first-order chi connectivity index (χ1) is 23.5. The van der Waals surface area contributed by atoms with Crippen molar-refractivity contribution in [1.82, 2.24) is 5.32 Å². The first-order valence-electron chi connectivity index (χ1n) is 18.5. The molecule has 0 spiro atoms. The Balaban J connectivity index is 0.00000486. The Morgan fingerprint density at radius 3 is 2.16 bits per heavy atom. The molecular formula is C40H56BrN5O2S2. The van der Waals surface area contributed by atoms with Crippen LogP contribution >= 0.6 is 12.2 Å². The van der Waals surface area contributed by atoms with Crippen molar-refractivity contribution in [3.05, 3.63) is 83.4 Å². The van der Waals surface area contributed by atoms with Gasteiger partial charge in [-0.05, 0) is 104 Å². The minimum Gasteiger partial charge on any atom is -1.00 e. The van der Waals surface area contributed by atoms with Crippen LogP contribution in [0.1, 0.15) is 94.4 Å². The lowest BCUT2D eigenvalue weighted by Gasteiger charge is -2.49. The van der Waals surface area contributed by atoms with Crippen LogP contribution in [0.5, 0.6) is 0 Å². The summed E-state index contributed by atoms with van der Waals surface area (Å²) in [5, 5.41) is 11.3. The third-order valence-electron chi connectivity index (χ3n) is 11.3. The number of quaternary nitrogens is 1. The van der Waals surface area contributed by atoms with E-state index in [-0.39, 0.29) is 28.8 Å². The normalized spacial score (nSPS) is 23.2. The van der Waals surface area contributed by atoms with Crippen LogP contribution in [0.15, 0.2) is 71.6 Å². The quantitative estimate of drug-likeness (QED) is 0.171. The molecule has 0 aromatic heterocycles. The number of piperidine rings is 3. The molecular weight excluding hydrogens is 727 g/mol. The fraction of sp³-hybridized carbons (Fsp3) is 0.525. The molecule has 2 bridgehead atoms. The van der Waals surface area contributed by atoms with Gasteiger partial charge in [-0.2, -0.15) is 0 Å². The molecule has 4 heterocycles. The Hall–Kier alpha value is -2.50. The molecule has 0 amide bonds. The van der Waals surface area contributed by atoms with Crippen LogP contribution in [0.25, 0.3) is 0 Å².